The number of guanidine groups is 1. The van der Waals surface area contributed by atoms with Crippen LogP contribution >= 0.6 is 24.0 Å². The second kappa shape index (κ2) is 11.7. The summed E-state index contributed by atoms with van der Waals surface area (Å²) in [5.41, 5.74) is 1.20. The van der Waals surface area contributed by atoms with Crippen LogP contribution in [0.2, 0.25) is 0 Å². The molecule has 0 bridgehead atoms. The Kier molecular flexibility index (Phi) is 9.61. The van der Waals surface area contributed by atoms with Crippen molar-refractivity contribution in [1.82, 2.24) is 15.2 Å². The standard InChI is InChI=1S/C20H33N5O.HI/c1-3-21-20(24(2)12-13-26-16-17-6-7-17)23-15-18-8-9-22-19(14-18)25-10-4-5-11-25;/h8-9,14,17H,3-7,10-13,15-16H2,1-2H3,(H,21,23);1H. The Balaban J connectivity index is 0.00000261. The molecule has 1 aromatic rings. The first kappa shape index (κ1) is 22.2. The summed E-state index contributed by atoms with van der Waals surface area (Å²) in [6.07, 6.45) is 7.11. The Morgan fingerprint density at radius 1 is 1.37 bits per heavy atom. The second-order valence-electron chi connectivity index (χ2n) is 7.33. The largest absolute Gasteiger partial charge is 0.379 e. The number of likely N-dealkylation sites (N-methyl/N-ethyl adjacent to an activating group) is 1. The molecule has 2 fully saturated rings. The average Bonchev–Trinajstić information content (AvgIpc) is 3.32. The van der Waals surface area contributed by atoms with Crippen molar-refractivity contribution in [3.05, 3.63) is 23.9 Å². The van der Waals surface area contributed by atoms with E-state index in [9.17, 15) is 0 Å². The first-order chi connectivity index (χ1) is 12.8. The van der Waals surface area contributed by atoms with Crippen LogP contribution in [-0.4, -0.2) is 62.3 Å². The molecule has 1 aliphatic carbocycles. The molecule has 152 valence electrons. The lowest BCUT2D eigenvalue weighted by atomic mass is 10.2. The molecule has 6 nitrogen and oxygen atoms in total. The Morgan fingerprint density at radius 3 is 2.85 bits per heavy atom. The maximum absolute atomic E-state index is 5.75. The van der Waals surface area contributed by atoms with Crippen LogP contribution in [0.25, 0.3) is 0 Å². The zero-order valence-corrected chi connectivity index (χ0v) is 19.0. The zero-order valence-electron chi connectivity index (χ0n) is 16.7. The summed E-state index contributed by atoms with van der Waals surface area (Å²) >= 11 is 0. The minimum Gasteiger partial charge on any atom is -0.379 e. The molecule has 1 saturated carbocycles. The van der Waals surface area contributed by atoms with E-state index in [2.05, 4.69) is 46.2 Å². The number of aromatic nitrogens is 1. The van der Waals surface area contributed by atoms with Gasteiger partial charge in [-0.1, -0.05) is 0 Å². The molecule has 0 atom stereocenters. The predicted molar refractivity (Wildman–Crippen MR) is 122 cm³/mol. The molecule has 1 aromatic heterocycles. The number of hydrogen-bond acceptors (Lipinski definition) is 4. The Bertz CT molecular complexity index is 587. The maximum atomic E-state index is 5.75. The number of nitrogens with zero attached hydrogens (tertiary/aromatic N) is 4. The lowest BCUT2D eigenvalue weighted by molar-refractivity contribution is 0.115. The molecule has 1 saturated heterocycles. The highest BCUT2D eigenvalue weighted by Crippen LogP contribution is 2.28. The van der Waals surface area contributed by atoms with E-state index in [0.717, 1.165) is 57.1 Å². The first-order valence-corrected chi connectivity index (χ1v) is 10.0. The zero-order chi connectivity index (χ0) is 18.2. The van der Waals surface area contributed by atoms with Crippen LogP contribution in [0, 0.1) is 5.92 Å². The van der Waals surface area contributed by atoms with E-state index in [1.165, 1.54) is 31.2 Å². The molecule has 1 N–H and O–H groups in total. The predicted octanol–water partition coefficient (Wildman–Crippen LogP) is 3.12. The Labute approximate surface area is 180 Å². The van der Waals surface area contributed by atoms with Gasteiger partial charge in [0.15, 0.2) is 5.96 Å². The normalized spacial score (nSPS) is 17.0. The molecule has 0 aromatic carbocycles. The van der Waals surface area contributed by atoms with Crippen molar-refractivity contribution in [2.45, 2.75) is 39.2 Å². The summed E-state index contributed by atoms with van der Waals surface area (Å²) in [6, 6.07) is 4.24. The summed E-state index contributed by atoms with van der Waals surface area (Å²) in [7, 11) is 2.07. The van der Waals surface area contributed by atoms with Gasteiger partial charge in [-0.15, -0.1) is 24.0 Å². The molecule has 0 radical (unpaired) electrons. The summed E-state index contributed by atoms with van der Waals surface area (Å²) in [5.74, 6) is 2.84. The molecular formula is C20H34IN5O. The van der Waals surface area contributed by atoms with E-state index >= 15 is 0 Å². The first-order valence-electron chi connectivity index (χ1n) is 10.0. The molecular weight excluding hydrogens is 453 g/mol. The fraction of sp³-hybridized carbons (Fsp3) is 0.700. The van der Waals surface area contributed by atoms with Gasteiger partial charge in [-0.25, -0.2) is 9.98 Å². The number of halogens is 1. The van der Waals surface area contributed by atoms with Gasteiger partial charge in [0.05, 0.1) is 13.2 Å². The SMILES string of the molecule is CCNC(=NCc1ccnc(N2CCCC2)c1)N(C)CCOCC1CC1.I. The van der Waals surface area contributed by atoms with Crippen molar-refractivity contribution in [2.75, 3.05) is 51.3 Å². The van der Waals surface area contributed by atoms with E-state index in [4.69, 9.17) is 9.73 Å². The van der Waals surface area contributed by atoms with Crippen LogP contribution in [0.5, 0.6) is 0 Å². The highest BCUT2D eigenvalue weighted by atomic mass is 127. The van der Waals surface area contributed by atoms with E-state index < -0.39 is 0 Å². The molecule has 0 unspecified atom stereocenters. The van der Waals surface area contributed by atoms with Gasteiger partial charge in [0.1, 0.15) is 5.82 Å². The number of nitrogens with one attached hydrogen (secondary N) is 1. The van der Waals surface area contributed by atoms with Crippen LogP contribution in [0.15, 0.2) is 23.3 Å². The number of anilines is 1. The maximum Gasteiger partial charge on any atom is 0.194 e. The lowest BCUT2D eigenvalue weighted by Gasteiger charge is -2.22. The van der Waals surface area contributed by atoms with Crippen LogP contribution < -0.4 is 10.2 Å². The van der Waals surface area contributed by atoms with Gasteiger partial charge in [0, 0.05) is 46.0 Å². The summed E-state index contributed by atoms with van der Waals surface area (Å²) in [6.45, 7) is 8.39. The summed E-state index contributed by atoms with van der Waals surface area (Å²) in [4.78, 5) is 13.8. The third-order valence-electron chi connectivity index (χ3n) is 4.97. The number of ether oxygens (including phenoxy) is 1. The average molecular weight is 487 g/mol. The molecule has 7 heteroatoms. The van der Waals surface area contributed by atoms with Gasteiger partial charge in [0.25, 0.3) is 0 Å². The van der Waals surface area contributed by atoms with Gasteiger partial charge in [0.2, 0.25) is 0 Å². The van der Waals surface area contributed by atoms with Gasteiger partial charge in [-0.05, 0) is 56.2 Å². The molecule has 27 heavy (non-hydrogen) atoms. The van der Waals surface area contributed by atoms with Gasteiger partial charge >= 0.3 is 0 Å². The highest BCUT2D eigenvalue weighted by Gasteiger charge is 2.21. The van der Waals surface area contributed by atoms with Crippen molar-refractivity contribution in [2.24, 2.45) is 10.9 Å². The van der Waals surface area contributed by atoms with Gasteiger partial charge < -0.3 is 19.9 Å². The third-order valence-corrected chi connectivity index (χ3v) is 4.97. The van der Waals surface area contributed by atoms with Crippen LogP contribution in [0.1, 0.15) is 38.2 Å². The lowest BCUT2D eigenvalue weighted by Crippen LogP contribution is -2.40. The third kappa shape index (κ3) is 7.44. The molecule has 1 aliphatic heterocycles. The quantitative estimate of drug-likeness (QED) is 0.251. The number of hydrogen-bond donors (Lipinski definition) is 1. The van der Waals surface area contributed by atoms with Gasteiger partial charge in [-0.2, -0.15) is 0 Å². The molecule has 3 rings (SSSR count). The van der Waals surface area contributed by atoms with E-state index in [1.807, 2.05) is 6.20 Å². The van der Waals surface area contributed by atoms with Crippen molar-refractivity contribution in [3.63, 3.8) is 0 Å². The van der Waals surface area contributed by atoms with Crippen LogP contribution in [0.4, 0.5) is 5.82 Å². The van der Waals surface area contributed by atoms with Crippen molar-refractivity contribution in [1.29, 1.82) is 0 Å². The summed E-state index contributed by atoms with van der Waals surface area (Å²) in [5, 5.41) is 3.38. The van der Waals surface area contributed by atoms with Crippen molar-refractivity contribution >= 4 is 35.8 Å². The Morgan fingerprint density at radius 2 is 2.15 bits per heavy atom. The van der Waals surface area contributed by atoms with Gasteiger partial charge in [-0.3, -0.25) is 0 Å². The number of aliphatic imine (C=N–C) groups is 1. The van der Waals surface area contributed by atoms with Crippen LogP contribution in [0.3, 0.4) is 0 Å². The topological polar surface area (TPSA) is 53.0 Å². The summed E-state index contributed by atoms with van der Waals surface area (Å²) < 4.78 is 5.75. The second-order valence-corrected chi connectivity index (χ2v) is 7.33. The minimum atomic E-state index is 0. The fourth-order valence-corrected chi connectivity index (χ4v) is 3.16. The fourth-order valence-electron chi connectivity index (χ4n) is 3.16. The minimum absolute atomic E-state index is 0. The smallest absolute Gasteiger partial charge is 0.194 e. The Hall–Kier alpha value is -1.09. The van der Waals surface area contributed by atoms with E-state index in [0.29, 0.717) is 6.54 Å². The molecule has 2 heterocycles. The molecule has 0 spiro atoms. The number of rotatable bonds is 9. The number of pyridine rings is 1. The van der Waals surface area contributed by atoms with Crippen molar-refractivity contribution < 1.29 is 4.74 Å². The molecule has 2 aliphatic rings. The monoisotopic (exact) mass is 487 g/mol. The van der Waals surface area contributed by atoms with Crippen LogP contribution in [-0.2, 0) is 11.3 Å². The van der Waals surface area contributed by atoms with E-state index in [-0.39, 0.29) is 24.0 Å². The van der Waals surface area contributed by atoms with E-state index in [1.54, 1.807) is 0 Å². The molecule has 0 amide bonds. The highest BCUT2D eigenvalue weighted by molar-refractivity contribution is 14.0. The van der Waals surface area contributed by atoms with Crippen molar-refractivity contribution in [3.8, 4) is 0 Å².